The molecule has 2 aliphatic rings. The van der Waals surface area contributed by atoms with E-state index in [1.807, 2.05) is 36.4 Å². The van der Waals surface area contributed by atoms with E-state index in [1.165, 1.54) is 11.1 Å². The average molecular weight is 326 g/mol. The van der Waals surface area contributed by atoms with E-state index in [0.29, 0.717) is 0 Å². The Morgan fingerprint density at radius 1 is 1.00 bits per heavy atom. The molecule has 1 atom stereocenters. The summed E-state index contributed by atoms with van der Waals surface area (Å²) in [7, 11) is 0. The summed E-state index contributed by atoms with van der Waals surface area (Å²) in [5, 5.41) is 9.30. The fraction of sp³-hybridized carbons (Fsp3) is 0.350. The highest BCUT2D eigenvalue weighted by Gasteiger charge is 2.13. The van der Waals surface area contributed by atoms with Crippen molar-refractivity contribution in [3.63, 3.8) is 0 Å². The van der Waals surface area contributed by atoms with E-state index in [2.05, 4.69) is 0 Å². The molecule has 0 aromatic heterocycles. The highest BCUT2D eigenvalue weighted by molar-refractivity contribution is 5.94. The van der Waals surface area contributed by atoms with Crippen molar-refractivity contribution in [2.75, 3.05) is 13.2 Å². The van der Waals surface area contributed by atoms with Gasteiger partial charge in [-0.3, -0.25) is 4.79 Å². The Morgan fingerprint density at radius 3 is 2.17 bits per heavy atom. The second-order valence-corrected chi connectivity index (χ2v) is 6.12. The van der Waals surface area contributed by atoms with Crippen LogP contribution in [0, 0.1) is 0 Å². The van der Waals surface area contributed by atoms with Crippen LogP contribution in [0.3, 0.4) is 0 Å². The largest absolute Gasteiger partial charge is 0.493 e. The van der Waals surface area contributed by atoms with E-state index < -0.39 is 6.10 Å². The van der Waals surface area contributed by atoms with Gasteiger partial charge in [-0.1, -0.05) is 24.3 Å². The third-order valence-electron chi connectivity index (χ3n) is 4.31. The summed E-state index contributed by atoms with van der Waals surface area (Å²) in [6.07, 6.45) is 1.56. The SMILES string of the molecule is CC(=O)c1ccc2c(c1)OCC2.CC(O)c1ccc2c(c1)OCC2. The predicted molar refractivity (Wildman–Crippen MR) is 91.9 cm³/mol. The van der Waals surface area contributed by atoms with Crippen molar-refractivity contribution < 1.29 is 19.4 Å². The molecule has 4 nitrogen and oxygen atoms in total. The molecule has 24 heavy (non-hydrogen) atoms. The molecule has 126 valence electrons. The van der Waals surface area contributed by atoms with Crippen LogP contribution in [0.4, 0.5) is 0 Å². The minimum Gasteiger partial charge on any atom is -0.493 e. The minimum atomic E-state index is -0.403. The molecule has 0 fully saturated rings. The maximum absolute atomic E-state index is 11.0. The van der Waals surface area contributed by atoms with Crippen molar-refractivity contribution in [3.8, 4) is 11.5 Å². The Hall–Kier alpha value is -2.33. The van der Waals surface area contributed by atoms with Crippen LogP contribution in [-0.4, -0.2) is 24.1 Å². The Labute approximate surface area is 142 Å². The molecule has 4 heteroatoms. The summed E-state index contributed by atoms with van der Waals surface area (Å²) < 4.78 is 10.7. The number of carbonyl (C=O) groups is 1. The van der Waals surface area contributed by atoms with Crippen LogP contribution < -0.4 is 9.47 Å². The molecule has 0 saturated carbocycles. The molecule has 0 amide bonds. The maximum Gasteiger partial charge on any atom is 0.159 e. The summed E-state index contributed by atoms with van der Waals surface area (Å²) in [6, 6.07) is 11.6. The van der Waals surface area contributed by atoms with Crippen LogP contribution >= 0.6 is 0 Å². The van der Waals surface area contributed by atoms with Crippen LogP contribution in [-0.2, 0) is 12.8 Å². The number of rotatable bonds is 2. The molecule has 1 unspecified atom stereocenters. The standard InChI is InChI=1S/C10H12O2.C10H10O2/c2*1-7(11)9-3-2-8-4-5-12-10(8)6-9/h2-3,6-7,11H,4-5H2,1H3;2-3,6H,4-5H2,1H3. The van der Waals surface area contributed by atoms with Gasteiger partial charge in [0, 0.05) is 18.4 Å². The van der Waals surface area contributed by atoms with Crippen LogP contribution in [0.5, 0.6) is 11.5 Å². The van der Waals surface area contributed by atoms with Gasteiger partial charge in [-0.25, -0.2) is 0 Å². The Balaban J connectivity index is 0.000000141. The Bertz CT molecular complexity index is 749. The highest BCUT2D eigenvalue weighted by atomic mass is 16.5. The van der Waals surface area contributed by atoms with E-state index in [1.54, 1.807) is 13.8 Å². The van der Waals surface area contributed by atoms with E-state index in [9.17, 15) is 9.90 Å². The van der Waals surface area contributed by atoms with E-state index in [4.69, 9.17) is 9.47 Å². The molecule has 0 spiro atoms. The topological polar surface area (TPSA) is 55.8 Å². The normalized spacial score (nSPS) is 15.3. The fourth-order valence-electron chi connectivity index (χ4n) is 2.83. The van der Waals surface area contributed by atoms with Crippen molar-refractivity contribution in [3.05, 3.63) is 58.7 Å². The van der Waals surface area contributed by atoms with E-state index >= 15 is 0 Å². The first kappa shape index (κ1) is 16.5. The number of benzene rings is 2. The molecule has 0 bridgehead atoms. The van der Waals surface area contributed by atoms with Crippen molar-refractivity contribution in [1.29, 1.82) is 0 Å². The molecule has 4 rings (SSSR count). The number of carbonyl (C=O) groups excluding carboxylic acids is 1. The molecular formula is C20H22O4. The highest BCUT2D eigenvalue weighted by Crippen LogP contribution is 2.28. The molecule has 2 aliphatic heterocycles. The first-order chi connectivity index (χ1) is 11.5. The average Bonchev–Trinajstić information content (AvgIpc) is 3.22. The molecule has 2 aromatic carbocycles. The van der Waals surface area contributed by atoms with Gasteiger partial charge in [0.25, 0.3) is 0 Å². The first-order valence-electron chi connectivity index (χ1n) is 8.25. The van der Waals surface area contributed by atoms with E-state index in [0.717, 1.165) is 48.7 Å². The number of aliphatic hydroxyl groups excluding tert-OH is 1. The number of fused-ring (bicyclic) bond motifs is 2. The van der Waals surface area contributed by atoms with Gasteiger partial charge >= 0.3 is 0 Å². The number of ether oxygens (including phenoxy) is 2. The van der Waals surface area contributed by atoms with Crippen molar-refractivity contribution in [1.82, 2.24) is 0 Å². The number of aliphatic hydroxyl groups is 1. The third-order valence-corrected chi connectivity index (χ3v) is 4.31. The van der Waals surface area contributed by atoms with Crippen LogP contribution in [0.1, 0.15) is 47.0 Å². The van der Waals surface area contributed by atoms with Gasteiger partial charge in [0.2, 0.25) is 0 Å². The molecule has 2 aromatic rings. The monoisotopic (exact) mass is 326 g/mol. The zero-order valence-corrected chi connectivity index (χ0v) is 14.0. The summed E-state index contributed by atoms with van der Waals surface area (Å²) >= 11 is 0. The van der Waals surface area contributed by atoms with Gasteiger partial charge in [0.1, 0.15) is 11.5 Å². The quantitative estimate of drug-likeness (QED) is 0.858. The second-order valence-electron chi connectivity index (χ2n) is 6.12. The molecule has 1 N–H and O–H groups in total. The predicted octanol–water partition coefficient (Wildman–Crippen LogP) is 3.50. The lowest BCUT2D eigenvalue weighted by atomic mass is 10.1. The molecule has 0 aliphatic carbocycles. The van der Waals surface area contributed by atoms with Crippen LogP contribution in [0.15, 0.2) is 36.4 Å². The number of Topliss-reactive ketones (excluding diaryl/α,β-unsaturated/α-hetero) is 1. The minimum absolute atomic E-state index is 0.0910. The maximum atomic E-state index is 11.0. The first-order valence-corrected chi connectivity index (χ1v) is 8.25. The lowest BCUT2D eigenvalue weighted by Crippen LogP contribution is -1.92. The molecule has 0 radical (unpaired) electrons. The van der Waals surface area contributed by atoms with Crippen molar-refractivity contribution in [2.24, 2.45) is 0 Å². The van der Waals surface area contributed by atoms with Crippen molar-refractivity contribution in [2.45, 2.75) is 32.8 Å². The van der Waals surface area contributed by atoms with Gasteiger partial charge in [0.05, 0.1) is 19.3 Å². The van der Waals surface area contributed by atoms with Gasteiger partial charge in [-0.2, -0.15) is 0 Å². The van der Waals surface area contributed by atoms with Gasteiger partial charge < -0.3 is 14.6 Å². The number of ketones is 1. The molecule has 0 saturated heterocycles. The summed E-state index contributed by atoms with van der Waals surface area (Å²) in [5.41, 5.74) is 4.12. The Kier molecular flexibility index (Phi) is 4.86. The molecule has 2 heterocycles. The van der Waals surface area contributed by atoms with E-state index in [-0.39, 0.29) is 5.78 Å². The van der Waals surface area contributed by atoms with Gasteiger partial charge in [0.15, 0.2) is 5.78 Å². The zero-order valence-electron chi connectivity index (χ0n) is 14.0. The summed E-state index contributed by atoms with van der Waals surface area (Å²) in [4.78, 5) is 11.0. The van der Waals surface area contributed by atoms with Crippen LogP contribution in [0.25, 0.3) is 0 Å². The third kappa shape index (κ3) is 3.60. The lowest BCUT2D eigenvalue weighted by molar-refractivity contribution is 0.101. The van der Waals surface area contributed by atoms with Crippen LogP contribution in [0.2, 0.25) is 0 Å². The second kappa shape index (κ2) is 7.05. The number of hydrogen-bond donors (Lipinski definition) is 1. The molecular weight excluding hydrogens is 304 g/mol. The zero-order chi connectivity index (χ0) is 17.1. The summed E-state index contributed by atoms with van der Waals surface area (Å²) in [6.45, 7) is 4.85. The Morgan fingerprint density at radius 2 is 1.58 bits per heavy atom. The lowest BCUT2D eigenvalue weighted by Gasteiger charge is -2.06. The van der Waals surface area contributed by atoms with Gasteiger partial charge in [-0.05, 0) is 42.7 Å². The number of hydrogen-bond acceptors (Lipinski definition) is 4. The fourth-order valence-corrected chi connectivity index (χ4v) is 2.83. The summed E-state index contributed by atoms with van der Waals surface area (Å²) in [5.74, 6) is 1.91. The van der Waals surface area contributed by atoms with Gasteiger partial charge in [-0.15, -0.1) is 0 Å². The smallest absolute Gasteiger partial charge is 0.159 e. The van der Waals surface area contributed by atoms with Crippen molar-refractivity contribution >= 4 is 5.78 Å².